The SMILES string of the molecule is CC1(F)CCN(CC2CCNC2)C1. The highest BCUT2D eigenvalue weighted by Gasteiger charge is 2.34. The first-order valence-electron chi connectivity index (χ1n) is 5.28. The van der Waals surface area contributed by atoms with Crippen LogP contribution in [-0.2, 0) is 0 Å². The van der Waals surface area contributed by atoms with Crippen LogP contribution in [0.1, 0.15) is 19.8 Å². The summed E-state index contributed by atoms with van der Waals surface area (Å²) >= 11 is 0. The Kier molecular flexibility index (Phi) is 2.56. The van der Waals surface area contributed by atoms with Gasteiger partial charge in [-0.3, -0.25) is 4.90 Å². The van der Waals surface area contributed by atoms with E-state index in [0.717, 1.165) is 32.1 Å². The minimum Gasteiger partial charge on any atom is -0.316 e. The lowest BCUT2D eigenvalue weighted by Crippen LogP contribution is -2.31. The number of halogens is 1. The van der Waals surface area contributed by atoms with Crippen LogP contribution in [0.25, 0.3) is 0 Å². The summed E-state index contributed by atoms with van der Waals surface area (Å²) in [6.45, 7) is 6.67. The zero-order valence-electron chi connectivity index (χ0n) is 8.35. The summed E-state index contributed by atoms with van der Waals surface area (Å²) in [6, 6.07) is 0. The summed E-state index contributed by atoms with van der Waals surface area (Å²) < 4.78 is 13.5. The molecule has 2 unspecified atom stereocenters. The third-order valence-corrected chi connectivity index (χ3v) is 3.18. The molecule has 0 saturated carbocycles. The third-order valence-electron chi connectivity index (χ3n) is 3.18. The molecule has 0 aliphatic carbocycles. The molecule has 2 aliphatic rings. The first kappa shape index (κ1) is 9.41. The average molecular weight is 186 g/mol. The summed E-state index contributed by atoms with van der Waals surface area (Å²) in [5.41, 5.74) is -0.925. The van der Waals surface area contributed by atoms with Crippen molar-refractivity contribution >= 4 is 0 Å². The lowest BCUT2D eigenvalue weighted by Gasteiger charge is -2.20. The zero-order chi connectivity index (χ0) is 9.31. The predicted octanol–water partition coefficient (Wildman–Crippen LogP) is 1.03. The maximum absolute atomic E-state index is 13.5. The van der Waals surface area contributed by atoms with Crippen molar-refractivity contribution in [3.05, 3.63) is 0 Å². The molecular formula is C10H19FN2. The van der Waals surface area contributed by atoms with Gasteiger partial charge in [-0.1, -0.05) is 0 Å². The van der Waals surface area contributed by atoms with Crippen LogP contribution in [0, 0.1) is 5.92 Å². The maximum atomic E-state index is 13.5. The normalized spacial score (nSPS) is 41.5. The second-order valence-electron chi connectivity index (χ2n) is 4.76. The molecule has 0 bridgehead atoms. The molecule has 2 rings (SSSR count). The van der Waals surface area contributed by atoms with E-state index in [1.54, 1.807) is 6.92 Å². The van der Waals surface area contributed by atoms with Gasteiger partial charge in [0.25, 0.3) is 0 Å². The molecule has 0 radical (unpaired) electrons. The fourth-order valence-electron chi connectivity index (χ4n) is 2.41. The lowest BCUT2D eigenvalue weighted by atomic mass is 10.1. The Balaban J connectivity index is 1.77. The summed E-state index contributed by atoms with van der Waals surface area (Å²) in [5, 5.41) is 3.35. The van der Waals surface area contributed by atoms with Gasteiger partial charge in [-0.05, 0) is 38.8 Å². The van der Waals surface area contributed by atoms with E-state index in [4.69, 9.17) is 0 Å². The lowest BCUT2D eigenvalue weighted by molar-refractivity contribution is 0.181. The summed E-state index contributed by atoms with van der Waals surface area (Å²) in [6.07, 6.45) is 1.98. The molecule has 1 N–H and O–H groups in total. The molecule has 0 aromatic carbocycles. The maximum Gasteiger partial charge on any atom is 0.122 e. The Morgan fingerprint density at radius 1 is 1.62 bits per heavy atom. The number of hydrogen-bond acceptors (Lipinski definition) is 2. The molecule has 2 atom stereocenters. The van der Waals surface area contributed by atoms with Crippen LogP contribution < -0.4 is 5.32 Å². The van der Waals surface area contributed by atoms with Crippen molar-refractivity contribution in [1.82, 2.24) is 10.2 Å². The van der Waals surface area contributed by atoms with Gasteiger partial charge >= 0.3 is 0 Å². The van der Waals surface area contributed by atoms with Crippen LogP contribution in [0.2, 0.25) is 0 Å². The van der Waals surface area contributed by atoms with E-state index in [0.29, 0.717) is 13.0 Å². The van der Waals surface area contributed by atoms with Crippen LogP contribution in [0.5, 0.6) is 0 Å². The van der Waals surface area contributed by atoms with E-state index in [9.17, 15) is 4.39 Å². The highest BCUT2D eigenvalue weighted by atomic mass is 19.1. The molecule has 2 fully saturated rings. The van der Waals surface area contributed by atoms with E-state index in [2.05, 4.69) is 10.2 Å². The van der Waals surface area contributed by atoms with Crippen LogP contribution >= 0.6 is 0 Å². The molecule has 2 saturated heterocycles. The van der Waals surface area contributed by atoms with Crippen LogP contribution in [0.3, 0.4) is 0 Å². The molecule has 2 heterocycles. The zero-order valence-corrected chi connectivity index (χ0v) is 8.35. The van der Waals surface area contributed by atoms with Crippen molar-refractivity contribution in [2.75, 3.05) is 32.7 Å². The highest BCUT2D eigenvalue weighted by Crippen LogP contribution is 2.25. The van der Waals surface area contributed by atoms with Gasteiger partial charge in [-0.25, -0.2) is 4.39 Å². The van der Waals surface area contributed by atoms with Crippen molar-refractivity contribution in [2.45, 2.75) is 25.4 Å². The smallest absolute Gasteiger partial charge is 0.122 e. The average Bonchev–Trinajstić information content (AvgIpc) is 2.61. The predicted molar refractivity (Wildman–Crippen MR) is 51.5 cm³/mol. The first-order valence-corrected chi connectivity index (χ1v) is 5.28. The van der Waals surface area contributed by atoms with Gasteiger partial charge in [0.1, 0.15) is 5.67 Å². The van der Waals surface area contributed by atoms with Crippen LogP contribution in [0.4, 0.5) is 4.39 Å². The van der Waals surface area contributed by atoms with Crippen LogP contribution in [0.15, 0.2) is 0 Å². The van der Waals surface area contributed by atoms with E-state index in [1.807, 2.05) is 0 Å². The van der Waals surface area contributed by atoms with Crippen molar-refractivity contribution in [1.29, 1.82) is 0 Å². The Bertz CT molecular complexity index is 176. The molecule has 0 spiro atoms. The molecule has 13 heavy (non-hydrogen) atoms. The van der Waals surface area contributed by atoms with E-state index in [-0.39, 0.29) is 0 Å². The standard InChI is InChI=1S/C10H19FN2/c1-10(11)3-5-13(8-10)7-9-2-4-12-6-9/h9,12H,2-8H2,1H3. The largest absolute Gasteiger partial charge is 0.316 e. The Morgan fingerprint density at radius 3 is 3.00 bits per heavy atom. The number of nitrogens with zero attached hydrogens (tertiary/aromatic N) is 1. The Hall–Kier alpha value is -0.150. The van der Waals surface area contributed by atoms with Gasteiger partial charge in [0, 0.05) is 19.6 Å². The Labute approximate surface area is 79.5 Å². The quantitative estimate of drug-likeness (QED) is 0.693. The summed E-state index contributed by atoms with van der Waals surface area (Å²) in [7, 11) is 0. The van der Waals surface area contributed by atoms with Gasteiger partial charge in [0.05, 0.1) is 0 Å². The first-order chi connectivity index (χ1) is 6.16. The minimum atomic E-state index is -0.925. The number of hydrogen-bond donors (Lipinski definition) is 1. The molecule has 76 valence electrons. The topological polar surface area (TPSA) is 15.3 Å². The van der Waals surface area contributed by atoms with Gasteiger partial charge in [0.15, 0.2) is 0 Å². The summed E-state index contributed by atoms with van der Waals surface area (Å²) in [4.78, 5) is 2.28. The number of rotatable bonds is 2. The number of nitrogens with one attached hydrogen (secondary N) is 1. The van der Waals surface area contributed by atoms with Crippen molar-refractivity contribution in [3.8, 4) is 0 Å². The highest BCUT2D eigenvalue weighted by molar-refractivity contribution is 4.88. The Morgan fingerprint density at radius 2 is 2.46 bits per heavy atom. The molecule has 3 heteroatoms. The van der Waals surface area contributed by atoms with Gasteiger partial charge in [-0.2, -0.15) is 0 Å². The van der Waals surface area contributed by atoms with E-state index in [1.165, 1.54) is 6.42 Å². The molecule has 0 aromatic heterocycles. The summed E-state index contributed by atoms with van der Waals surface area (Å²) in [5.74, 6) is 0.758. The monoisotopic (exact) mass is 186 g/mol. The second-order valence-corrected chi connectivity index (χ2v) is 4.76. The van der Waals surface area contributed by atoms with Gasteiger partial charge in [-0.15, -0.1) is 0 Å². The molecule has 2 nitrogen and oxygen atoms in total. The molecule has 0 amide bonds. The van der Waals surface area contributed by atoms with Crippen molar-refractivity contribution < 1.29 is 4.39 Å². The van der Waals surface area contributed by atoms with Crippen LogP contribution in [-0.4, -0.2) is 43.3 Å². The number of likely N-dealkylation sites (tertiary alicyclic amines) is 1. The fraction of sp³-hybridized carbons (Fsp3) is 1.00. The van der Waals surface area contributed by atoms with Gasteiger partial charge in [0.2, 0.25) is 0 Å². The molecule has 2 aliphatic heterocycles. The molecule has 0 aromatic rings. The second kappa shape index (κ2) is 3.54. The number of alkyl halides is 1. The van der Waals surface area contributed by atoms with Crippen molar-refractivity contribution in [3.63, 3.8) is 0 Å². The van der Waals surface area contributed by atoms with E-state index >= 15 is 0 Å². The third kappa shape index (κ3) is 2.41. The minimum absolute atomic E-state index is 0.642. The van der Waals surface area contributed by atoms with E-state index < -0.39 is 5.67 Å². The molecular weight excluding hydrogens is 167 g/mol. The van der Waals surface area contributed by atoms with Crippen molar-refractivity contribution in [2.24, 2.45) is 5.92 Å². The van der Waals surface area contributed by atoms with Gasteiger partial charge < -0.3 is 5.32 Å². The fourth-order valence-corrected chi connectivity index (χ4v) is 2.41.